The number of hydrogen-bond donors (Lipinski definition) is 2. The monoisotopic (exact) mass is 292 g/mol. The van der Waals surface area contributed by atoms with Crippen LogP contribution in [-0.4, -0.2) is 23.5 Å². The molecule has 100 valence electrons. The molecule has 1 aromatic heterocycles. The van der Waals surface area contributed by atoms with Crippen molar-refractivity contribution in [1.82, 2.24) is 5.32 Å². The zero-order valence-corrected chi connectivity index (χ0v) is 12.4. The lowest BCUT2D eigenvalue weighted by Crippen LogP contribution is -2.34. The molecule has 3 N–H and O–H groups in total. The van der Waals surface area contributed by atoms with E-state index in [9.17, 15) is 4.79 Å². The van der Waals surface area contributed by atoms with E-state index < -0.39 is 0 Å². The van der Waals surface area contributed by atoms with Gasteiger partial charge in [-0.1, -0.05) is 11.6 Å². The van der Waals surface area contributed by atoms with Gasteiger partial charge in [0.25, 0.3) is 5.91 Å². The van der Waals surface area contributed by atoms with Crippen LogP contribution in [0.4, 0.5) is 5.69 Å². The lowest BCUT2D eigenvalue weighted by molar-refractivity contribution is 0.0946. The van der Waals surface area contributed by atoms with E-state index in [-0.39, 0.29) is 5.91 Å². The molecule has 1 unspecified atom stereocenters. The summed E-state index contributed by atoms with van der Waals surface area (Å²) in [5, 5.41) is 4.08. The number of thiophene rings is 1. The number of hydrogen-bond acceptors (Lipinski definition) is 4. The molecule has 0 spiro atoms. The fourth-order valence-electron chi connectivity index (χ4n) is 2.30. The van der Waals surface area contributed by atoms with E-state index in [1.165, 1.54) is 11.3 Å². The van der Waals surface area contributed by atoms with Gasteiger partial charge in [-0.3, -0.25) is 4.79 Å². The number of nitrogen functional groups attached to an aromatic ring is 1. The molecule has 1 amide bonds. The molecule has 3 rings (SSSR count). The van der Waals surface area contributed by atoms with Crippen LogP contribution < -0.4 is 11.1 Å². The van der Waals surface area contributed by atoms with E-state index in [0.717, 1.165) is 33.6 Å². The maximum atomic E-state index is 12.3. The first-order valence-electron chi connectivity index (χ1n) is 6.32. The summed E-state index contributed by atoms with van der Waals surface area (Å²) in [6.07, 6.45) is 1.06. The summed E-state index contributed by atoms with van der Waals surface area (Å²) >= 11 is 3.37. The van der Waals surface area contributed by atoms with Crippen LogP contribution in [0.15, 0.2) is 18.2 Å². The van der Waals surface area contributed by atoms with Gasteiger partial charge in [0.2, 0.25) is 0 Å². The maximum absolute atomic E-state index is 12.3. The van der Waals surface area contributed by atoms with Crippen molar-refractivity contribution in [2.45, 2.75) is 19.4 Å². The van der Waals surface area contributed by atoms with E-state index >= 15 is 0 Å². The van der Waals surface area contributed by atoms with Crippen LogP contribution >= 0.6 is 23.1 Å². The fourth-order valence-corrected chi connectivity index (χ4v) is 4.46. The molecule has 1 aliphatic heterocycles. The number of benzene rings is 1. The molecule has 0 saturated carbocycles. The zero-order valence-electron chi connectivity index (χ0n) is 10.7. The summed E-state index contributed by atoms with van der Waals surface area (Å²) in [6, 6.07) is 6.43. The van der Waals surface area contributed by atoms with Crippen molar-refractivity contribution in [3.8, 4) is 0 Å². The van der Waals surface area contributed by atoms with Gasteiger partial charge in [-0.15, -0.1) is 11.3 Å². The molecule has 5 heteroatoms. The van der Waals surface area contributed by atoms with Crippen LogP contribution in [0.2, 0.25) is 0 Å². The first kappa shape index (κ1) is 12.8. The van der Waals surface area contributed by atoms with Crippen molar-refractivity contribution < 1.29 is 4.79 Å². The molecule has 1 fully saturated rings. The maximum Gasteiger partial charge on any atom is 0.263 e. The average Bonchev–Trinajstić information content (AvgIpc) is 2.98. The molecule has 2 aromatic rings. The van der Waals surface area contributed by atoms with Gasteiger partial charge in [0.15, 0.2) is 0 Å². The largest absolute Gasteiger partial charge is 0.397 e. The summed E-state index contributed by atoms with van der Waals surface area (Å²) in [7, 11) is 0. The summed E-state index contributed by atoms with van der Waals surface area (Å²) in [6.45, 7) is 2.03. The molecule has 1 atom stereocenters. The second kappa shape index (κ2) is 5.06. The van der Waals surface area contributed by atoms with Crippen LogP contribution in [-0.2, 0) is 0 Å². The van der Waals surface area contributed by atoms with Crippen LogP contribution in [0.1, 0.15) is 21.7 Å². The smallest absolute Gasteiger partial charge is 0.263 e. The summed E-state index contributed by atoms with van der Waals surface area (Å²) in [5.41, 5.74) is 7.91. The Morgan fingerprint density at radius 3 is 3.05 bits per heavy atom. The Morgan fingerprint density at radius 1 is 1.47 bits per heavy atom. The predicted molar refractivity (Wildman–Crippen MR) is 84.2 cm³/mol. The highest BCUT2D eigenvalue weighted by Crippen LogP contribution is 2.34. The number of fused-ring (bicyclic) bond motifs is 1. The number of nitrogens with one attached hydrogen (secondary N) is 1. The minimum atomic E-state index is -0.0242. The third-order valence-electron chi connectivity index (χ3n) is 3.35. The number of anilines is 1. The number of amides is 1. The highest BCUT2D eigenvalue weighted by Gasteiger charge is 2.22. The van der Waals surface area contributed by atoms with E-state index in [1.807, 2.05) is 36.9 Å². The zero-order chi connectivity index (χ0) is 13.4. The highest BCUT2D eigenvalue weighted by atomic mass is 32.2. The Balaban J connectivity index is 1.91. The molecule has 1 aromatic carbocycles. The number of nitrogens with two attached hydrogens (primary N) is 1. The Kier molecular flexibility index (Phi) is 3.41. The molecule has 19 heavy (non-hydrogen) atoms. The first-order valence-corrected chi connectivity index (χ1v) is 8.29. The van der Waals surface area contributed by atoms with Gasteiger partial charge in [-0.2, -0.15) is 11.8 Å². The molecule has 2 heterocycles. The van der Waals surface area contributed by atoms with Gasteiger partial charge in [-0.25, -0.2) is 0 Å². The van der Waals surface area contributed by atoms with Crippen molar-refractivity contribution in [3.05, 3.63) is 28.6 Å². The SMILES string of the molecule is Cc1ccc2sc(C(=O)NC3CCSC3)c(N)c2c1. The third-order valence-corrected chi connectivity index (χ3v) is 5.70. The Labute approximate surface area is 120 Å². The minimum absolute atomic E-state index is 0.0242. The van der Waals surface area contributed by atoms with Crippen molar-refractivity contribution in [3.63, 3.8) is 0 Å². The standard InChI is InChI=1S/C14H16N2OS2/c1-8-2-3-11-10(6-8)12(15)13(19-11)14(17)16-9-4-5-18-7-9/h2-3,6,9H,4-5,7,15H2,1H3,(H,16,17). The van der Waals surface area contributed by atoms with Gasteiger partial charge >= 0.3 is 0 Å². The summed E-state index contributed by atoms with van der Waals surface area (Å²) < 4.78 is 1.08. The van der Waals surface area contributed by atoms with Gasteiger partial charge in [0.05, 0.1) is 5.69 Å². The number of carbonyl (C=O) groups is 1. The van der Waals surface area contributed by atoms with Crippen molar-refractivity contribution in [2.75, 3.05) is 17.2 Å². The molecule has 0 aliphatic carbocycles. The van der Waals surface area contributed by atoms with Crippen LogP contribution in [0.5, 0.6) is 0 Å². The van der Waals surface area contributed by atoms with Crippen molar-refractivity contribution in [1.29, 1.82) is 0 Å². The average molecular weight is 292 g/mol. The molecule has 1 aliphatic rings. The van der Waals surface area contributed by atoms with E-state index in [1.54, 1.807) is 0 Å². The molecular formula is C14H16N2OS2. The predicted octanol–water partition coefficient (Wildman–Crippen LogP) is 3.03. The van der Waals surface area contributed by atoms with Crippen molar-refractivity contribution >= 4 is 44.8 Å². The van der Waals surface area contributed by atoms with Gasteiger partial charge < -0.3 is 11.1 Å². The quantitative estimate of drug-likeness (QED) is 0.894. The summed E-state index contributed by atoms with van der Waals surface area (Å²) in [4.78, 5) is 12.9. The van der Waals surface area contributed by atoms with Crippen LogP contribution in [0.25, 0.3) is 10.1 Å². The Hall–Kier alpha value is -1.20. The highest BCUT2D eigenvalue weighted by molar-refractivity contribution is 7.99. The number of rotatable bonds is 2. The molecule has 3 nitrogen and oxygen atoms in total. The Morgan fingerprint density at radius 2 is 2.32 bits per heavy atom. The molecule has 1 saturated heterocycles. The molecule has 0 bridgehead atoms. The van der Waals surface area contributed by atoms with E-state index in [4.69, 9.17) is 5.73 Å². The molecule has 0 radical (unpaired) electrons. The van der Waals surface area contributed by atoms with Crippen LogP contribution in [0.3, 0.4) is 0 Å². The summed E-state index contributed by atoms with van der Waals surface area (Å²) in [5.74, 6) is 2.12. The topological polar surface area (TPSA) is 55.1 Å². The van der Waals surface area contributed by atoms with Gasteiger partial charge in [0.1, 0.15) is 4.88 Å². The third kappa shape index (κ3) is 2.44. The number of thioether (sulfide) groups is 1. The minimum Gasteiger partial charge on any atom is -0.397 e. The fraction of sp³-hybridized carbons (Fsp3) is 0.357. The number of aryl methyl sites for hydroxylation is 1. The van der Waals surface area contributed by atoms with E-state index in [0.29, 0.717) is 16.6 Å². The molecular weight excluding hydrogens is 276 g/mol. The van der Waals surface area contributed by atoms with Crippen LogP contribution in [0, 0.1) is 6.92 Å². The van der Waals surface area contributed by atoms with Gasteiger partial charge in [0, 0.05) is 21.9 Å². The second-order valence-corrected chi connectivity index (χ2v) is 7.08. The van der Waals surface area contributed by atoms with Crippen molar-refractivity contribution in [2.24, 2.45) is 0 Å². The Bertz CT molecular complexity index is 630. The second-order valence-electron chi connectivity index (χ2n) is 4.88. The van der Waals surface area contributed by atoms with Gasteiger partial charge in [-0.05, 0) is 31.2 Å². The van der Waals surface area contributed by atoms with E-state index in [2.05, 4.69) is 5.32 Å². The first-order chi connectivity index (χ1) is 9.15. The number of carbonyl (C=O) groups excluding carboxylic acids is 1. The normalized spacial score (nSPS) is 18.9. The lowest BCUT2D eigenvalue weighted by Gasteiger charge is -2.10. The lowest BCUT2D eigenvalue weighted by atomic mass is 10.1.